The highest BCUT2D eigenvalue weighted by Crippen LogP contribution is 2.53. The van der Waals surface area contributed by atoms with Crippen LogP contribution in [0, 0.1) is 27.7 Å². The molecule has 10 aromatic carbocycles. The van der Waals surface area contributed by atoms with Gasteiger partial charge in [0.15, 0.2) is 0 Å². The molecule has 2 aliphatic carbocycles. The topological polar surface area (TPSA) is 45.0 Å². The van der Waals surface area contributed by atoms with E-state index in [1.807, 2.05) is 0 Å². The molecule has 422 valence electrons. The Bertz CT molecular complexity index is 4510. The fourth-order valence-electron chi connectivity index (χ4n) is 16.7. The molecule has 16 rings (SSSR count). The molecular formula is C79H74B2N4O. The van der Waals surface area contributed by atoms with Gasteiger partial charge in [-0.25, -0.2) is 0 Å². The van der Waals surface area contributed by atoms with E-state index in [9.17, 15) is 0 Å². The number of benzene rings is 10. The van der Waals surface area contributed by atoms with Gasteiger partial charge < -0.3 is 25.2 Å². The number of nitrogens with zero attached hydrogens (tertiary/aromatic N) is 3. The number of rotatable bonds is 5. The maximum Gasteiger partial charge on any atom is 0.256 e. The minimum Gasteiger partial charge on any atom is -0.458 e. The summed E-state index contributed by atoms with van der Waals surface area (Å²) in [5, 5.41) is 0. The van der Waals surface area contributed by atoms with Crippen LogP contribution in [0.15, 0.2) is 188 Å². The zero-order valence-corrected chi connectivity index (χ0v) is 51.7. The summed E-state index contributed by atoms with van der Waals surface area (Å²) in [5.74, 6) is 1.79. The molecule has 86 heavy (non-hydrogen) atoms. The summed E-state index contributed by atoms with van der Waals surface area (Å²) in [5.41, 5.74) is 40.3. The monoisotopic (exact) mass is 1120 g/mol. The van der Waals surface area contributed by atoms with Crippen LogP contribution in [0.1, 0.15) is 119 Å². The van der Waals surface area contributed by atoms with E-state index < -0.39 is 5.54 Å². The summed E-state index contributed by atoms with van der Waals surface area (Å²) in [6.07, 6.45) is 4.29. The van der Waals surface area contributed by atoms with E-state index in [4.69, 9.17) is 10.5 Å². The highest BCUT2D eigenvalue weighted by molar-refractivity contribution is 7.02. The fraction of sp³-hybridized carbons (Fsp3) is 0.241. The van der Waals surface area contributed by atoms with Crippen molar-refractivity contribution < 1.29 is 4.74 Å². The highest BCUT2D eigenvalue weighted by atomic mass is 16.5. The first-order valence-corrected chi connectivity index (χ1v) is 31.3. The second-order valence-corrected chi connectivity index (χ2v) is 28.3. The normalized spacial score (nSPS) is 18.3. The molecule has 2 N–H and O–H groups in total. The summed E-state index contributed by atoms with van der Waals surface area (Å²) >= 11 is 0. The molecule has 0 saturated carbocycles. The lowest BCUT2D eigenvalue weighted by Crippen LogP contribution is -2.64. The summed E-state index contributed by atoms with van der Waals surface area (Å²) in [4.78, 5) is 7.69. The molecule has 4 aliphatic heterocycles. The van der Waals surface area contributed by atoms with Crippen molar-refractivity contribution in [1.29, 1.82) is 0 Å². The van der Waals surface area contributed by atoms with Crippen LogP contribution in [-0.4, -0.2) is 13.4 Å². The van der Waals surface area contributed by atoms with Gasteiger partial charge in [0.25, 0.3) is 13.4 Å². The molecule has 0 saturated heterocycles. The van der Waals surface area contributed by atoms with Gasteiger partial charge in [-0.1, -0.05) is 151 Å². The second kappa shape index (κ2) is 18.5. The fourth-order valence-corrected chi connectivity index (χ4v) is 16.7. The van der Waals surface area contributed by atoms with Crippen molar-refractivity contribution in [3.63, 3.8) is 0 Å². The summed E-state index contributed by atoms with van der Waals surface area (Å²) < 4.78 is 7.74. The first-order valence-electron chi connectivity index (χ1n) is 31.3. The van der Waals surface area contributed by atoms with Crippen LogP contribution in [0.3, 0.4) is 0 Å². The number of hydrogen-bond donors (Lipinski definition) is 1. The average Bonchev–Trinajstić information content (AvgIpc) is 0.699. The lowest BCUT2D eigenvalue weighted by Gasteiger charge is -2.46. The van der Waals surface area contributed by atoms with E-state index in [2.05, 4.69) is 279 Å². The lowest BCUT2D eigenvalue weighted by atomic mass is 9.30. The molecule has 0 aromatic heterocycles. The van der Waals surface area contributed by atoms with Gasteiger partial charge in [-0.15, -0.1) is 0 Å². The van der Waals surface area contributed by atoms with Crippen LogP contribution in [0.2, 0.25) is 0 Å². The lowest BCUT2D eigenvalue weighted by molar-refractivity contribution is 0.319. The van der Waals surface area contributed by atoms with E-state index in [-0.39, 0.29) is 29.7 Å². The van der Waals surface area contributed by atoms with Crippen LogP contribution < -0.4 is 57.9 Å². The van der Waals surface area contributed by atoms with E-state index >= 15 is 0 Å². The maximum absolute atomic E-state index is 7.74. The van der Waals surface area contributed by atoms with Crippen molar-refractivity contribution in [3.05, 3.63) is 233 Å². The van der Waals surface area contributed by atoms with Crippen molar-refractivity contribution in [2.24, 2.45) is 5.73 Å². The zero-order chi connectivity index (χ0) is 59.1. The van der Waals surface area contributed by atoms with Gasteiger partial charge in [-0.05, 0) is 249 Å². The molecule has 7 heteroatoms. The molecule has 6 aliphatic rings. The van der Waals surface area contributed by atoms with Crippen molar-refractivity contribution in [2.75, 3.05) is 14.7 Å². The molecule has 10 aromatic rings. The number of aryl methyl sites for hydroxylation is 4. The van der Waals surface area contributed by atoms with E-state index in [1.165, 1.54) is 129 Å². The van der Waals surface area contributed by atoms with Gasteiger partial charge in [0.2, 0.25) is 0 Å². The first-order chi connectivity index (χ1) is 41.3. The van der Waals surface area contributed by atoms with E-state index in [0.717, 1.165) is 59.1 Å². The van der Waals surface area contributed by atoms with Gasteiger partial charge in [0, 0.05) is 62.8 Å². The number of hydrogen-bond acceptors (Lipinski definition) is 5. The van der Waals surface area contributed by atoms with Crippen molar-refractivity contribution in [3.8, 4) is 33.8 Å². The molecule has 0 radical (unpaired) electrons. The predicted molar refractivity (Wildman–Crippen MR) is 365 cm³/mol. The third kappa shape index (κ3) is 7.68. The molecule has 0 fully saturated rings. The van der Waals surface area contributed by atoms with E-state index in [1.54, 1.807) is 0 Å². The summed E-state index contributed by atoms with van der Waals surface area (Å²) in [7, 11) is 0. The third-order valence-corrected chi connectivity index (χ3v) is 21.3. The van der Waals surface area contributed by atoms with Crippen LogP contribution in [0.5, 0.6) is 11.5 Å². The summed E-state index contributed by atoms with van der Waals surface area (Å²) in [6.45, 7) is 25.5. The number of para-hydroxylation sites is 3. The molecule has 0 spiro atoms. The van der Waals surface area contributed by atoms with Gasteiger partial charge in [-0.3, -0.25) is 0 Å². The number of fused-ring (bicyclic) bond motifs is 10. The van der Waals surface area contributed by atoms with Crippen molar-refractivity contribution in [1.82, 2.24) is 0 Å². The smallest absolute Gasteiger partial charge is 0.256 e. The Morgan fingerprint density at radius 3 is 1.37 bits per heavy atom. The average molecular weight is 1120 g/mol. The molecular weight excluding hydrogens is 1040 g/mol. The third-order valence-electron chi connectivity index (χ3n) is 21.3. The van der Waals surface area contributed by atoms with Crippen LogP contribution in [-0.2, 0) is 21.8 Å². The van der Waals surface area contributed by atoms with Gasteiger partial charge in [0.05, 0.1) is 0 Å². The highest BCUT2D eigenvalue weighted by Gasteiger charge is 2.49. The van der Waals surface area contributed by atoms with Crippen LogP contribution >= 0.6 is 0 Å². The predicted octanol–water partition coefficient (Wildman–Crippen LogP) is 16.3. The Labute approximate surface area is 509 Å². The van der Waals surface area contributed by atoms with Crippen LogP contribution in [0.25, 0.3) is 22.3 Å². The largest absolute Gasteiger partial charge is 0.458 e. The SMILES string of the molecule is Cc1cccc(C)c1-c1cc2c3c(c1)N(c1ccc4c(c1)C(C)(C)CCC4(C)C)c1ccccc1B3c1cc3c(cc1O2)N(c1ccccc1)c1cc(-c2c(C)cccc2C)cc2c1B3c1ccccc1N2c1ccc2c(c1)C(C)(N)CCC2(C)C. The molecule has 1 atom stereocenters. The van der Waals surface area contributed by atoms with Crippen molar-refractivity contribution in [2.45, 2.75) is 124 Å². The second-order valence-electron chi connectivity index (χ2n) is 28.3. The quantitative estimate of drug-likeness (QED) is 0.174. The van der Waals surface area contributed by atoms with E-state index in [0.29, 0.717) is 0 Å². The summed E-state index contributed by atoms with van der Waals surface area (Å²) in [6, 6.07) is 72.2. The van der Waals surface area contributed by atoms with Gasteiger partial charge in [-0.2, -0.15) is 0 Å². The molecule has 5 nitrogen and oxygen atoms in total. The Kier molecular flexibility index (Phi) is 11.4. The Morgan fingerprint density at radius 1 is 0.349 bits per heavy atom. The minimum atomic E-state index is -0.467. The Hall–Kier alpha value is -8.51. The van der Waals surface area contributed by atoms with Gasteiger partial charge in [0.1, 0.15) is 11.5 Å². The van der Waals surface area contributed by atoms with Crippen LogP contribution in [0.4, 0.5) is 51.2 Å². The van der Waals surface area contributed by atoms with Crippen molar-refractivity contribution >= 4 is 97.4 Å². The Morgan fingerprint density at radius 2 is 0.802 bits per heavy atom. The molecule has 4 heterocycles. The maximum atomic E-state index is 7.74. The zero-order valence-electron chi connectivity index (χ0n) is 51.7. The number of anilines is 9. The molecule has 0 bridgehead atoms. The number of ether oxygens (including phenoxy) is 1. The first kappa shape index (κ1) is 53.0. The standard InChI is InChI=1S/C79H74B2N4O/c1-47-21-19-22-48(2)72(47)51-39-67-74-68(40-51)84(55-32-34-57-59(44-55)79(11,82)38-37-77(57,7)8)64-29-17-15-27-60(64)80(74)62-45-63-70(46-66(62)83(67)53-25-13-12-14-26-53)86-71-42-52(73-49(3)23-20-24-50(73)4)41-69-75(71)81(63)61-28-16-18-30-65(61)85(69)54-31-33-56-58(43-54)78(9,10)36-35-76(56,5)6/h12-34,39-46H,35-38,82H2,1-11H3. The minimum absolute atomic E-state index is 0.0121. The Balaban J connectivity index is 0.972. The van der Waals surface area contributed by atoms with Gasteiger partial charge >= 0.3 is 0 Å². The number of nitrogens with two attached hydrogens (primary N) is 1. The molecule has 1 unspecified atom stereocenters. The molecule has 0 amide bonds.